The van der Waals surface area contributed by atoms with Crippen LogP contribution in [0.15, 0.2) is 0 Å². The second kappa shape index (κ2) is 4.66. The number of rotatable bonds is 3. The van der Waals surface area contributed by atoms with Gasteiger partial charge in [-0.05, 0) is 0 Å². The molecule has 2 unspecified atom stereocenters. The average Bonchev–Trinajstić information content (AvgIpc) is 2.06. The first-order valence-electron chi connectivity index (χ1n) is 3.90. The summed E-state index contributed by atoms with van der Waals surface area (Å²) in [6.45, 7) is 2.16. The molecule has 0 aromatic heterocycles. The van der Waals surface area contributed by atoms with Crippen LogP contribution < -0.4 is 5.73 Å². The van der Waals surface area contributed by atoms with Crippen molar-refractivity contribution in [2.75, 3.05) is 26.4 Å². The van der Waals surface area contributed by atoms with Crippen LogP contribution in [0, 0.1) is 0 Å². The van der Waals surface area contributed by atoms with Gasteiger partial charge in [-0.25, -0.2) is 0 Å². The highest BCUT2D eigenvalue weighted by Gasteiger charge is 2.17. The highest BCUT2D eigenvalue weighted by Crippen LogP contribution is 2.06. The molecule has 66 valence electrons. The minimum Gasteiger partial charge on any atom is -0.392 e. The van der Waals surface area contributed by atoms with Gasteiger partial charge in [0.1, 0.15) is 0 Å². The number of nitrogens with two attached hydrogens (primary N) is 1. The van der Waals surface area contributed by atoms with E-state index in [1.165, 1.54) is 0 Å². The molecule has 3 N–H and O–H groups in total. The smallest absolute Gasteiger partial charge is 0.0834 e. The van der Waals surface area contributed by atoms with E-state index in [0.29, 0.717) is 32.8 Å². The maximum Gasteiger partial charge on any atom is 0.0834 e. The van der Waals surface area contributed by atoms with Crippen LogP contribution in [0.4, 0.5) is 0 Å². The van der Waals surface area contributed by atoms with E-state index >= 15 is 0 Å². The molecule has 11 heavy (non-hydrogen) atoms. The molecule has 0 saturated carbocycles. The van der Waals surface area contributed by atoms with Gasteiger partial charge < -0.3 is 20.3 Å². The Morgan fingerprint density at radius 2 is 2.36 bits per heavy atom. The molecule has 1 rings (SSSR count). The van der Waals surface area contributed by atoms with E-state index in [-0.39, 0.29) is 6.10 Å². The fourth-order valence-corrected chi connectivity index (χ4v) is 1.07. The summed E-state index contributed by atoms with van der Waals surface area (Å²) in [7, 11) is 0. The fraction of sp³-hybridized carbons (Fsp3) is 1.00. The van der Waals surface area contributed by atoms with Gasteiger partial charge in [0.25, 0.3) is 0 Å². The molecule has 0 bridgehead atoms. The maximum atomic E-state index is 9.15. The number of aliphatic hydroxyl groups is 1. The first kappa shape index (κ1) is 8.93. The topological polar surface area (TPSA) is 64.7 Å². The lowest BCUT2D eigenvalue weighted by molar-refractivity contribution is -0.101. The van der Waals surface area contributed by atoms with Crippen molar-refractivity contribution in [1.82, 2.24) is 0 Å². The molecule has 0 aliphatic carbocycles. The Morgan fingerprint density at radius 1 is 1.55 bits per heavy atom. The standard InChI is InChI=1S/C7H15NO3/c8-4-6(9)3-7-5-10-1-2-11-7/h6-7,9H,1-5,8H2. The van der Waals surface area contributed by atoms with Crippen molar-refractivity contribution in [3.63, 3.8) is 0 Å². The van der Waals surface area contributed by atoms with E-state index in [1.807, 2.05) is 0 Å². The zero-order valence-electron chi connectivity index (χ0n) is 6.53. The average molecular weight is 161 g/mol. The quantitative estimate of drug-likeness (QED) is 0.563. The number of hydrogen-bond donors (Lipinski definition) is 2. The van der Waals surface area contributed by atoms with Gasteiger partial charge in [-0.3, -0.25) is 0 Å². The zero-order chi connectivity index (χ0) is 8.10. The molecule has 4 nitrogen and oxygen atoms in total. The Labute approximate surface area is 66.3 Å². The molecule has 0 spiro atoms. The third kappa shape index (κ3) is 3.16. The third-order valence-electron chi connectivity index (χ3n) is 1.69. The Hall–Kier alpha value is -0.160. The predicted octanol–water partition coefficient (Wildman–Crippen LogP) is -0.889. The first-order valence-corrected chi connectivity index (χ1v) is 3.90. The van der Waals surface area contributed by atoms with Gasteiger partial charge in [-0.2, -0.15) is 0 Å². The van der Waals surface area contributed by atoms with Crippen LogP contribution in [-0.2, 0) is 9.47 Å². The molecular weight excluding hydrogens is 146 g/mol. The summed E-state index contributed by atoms with van der Waals surface area (Å²) in [5, 5.41) is 9.15. The van der Waals surface area contributed by atoms with Gasteiger partial charge >= 0.3 is 0 Å². The zero-order valence-corrected chi connectivity index (χ0v) is 6.53. The van der Waals surface area contributed by atoms with Gasteiger partial charge in [0.15, 0.2) is 0 Å². The van der Waals surface area contributed by atoms with E-state index in [0.717, 1.165) is 0 Å². The van der Waals surface area contributed by atoms with Crippen LogP contribution >= 0.6 is 0 Å². The van der Waals surface area contributed by atoms with Crippen LogP contribution in [0.25, 0.3) is 0 Å². The Kier molecular flexibility index (Phi) is 3.79. The first-order chi connectivity index (χ1) is 5.33. The molecule has 1 saturated heterocycles. The van der Waals surface area contributed by atoms with Crippen LogP contribution in [0.2, 0.25) is 0 Å². The highest BCUT2D eigenvalue weighted by molar-refractivity contribution is 4.67. The second-order valence-electron chi connectivity index (χ2n) is 2.69. The summed E-state index contributed by atoms with van der Waals surface area (Å²) in [4.78, 5) is 0. The van der Waals surface area contributed by atoms with Gasteiger partial charge in [0.2, 0.25) is 0 Å². The molecular formula is C7H15NO3. The molecule has 2 atom stereocenters. The predicted molar refractivity (Wildman–Crippen MR) is 40.2 cm³/mol. The van der Waals surface area contributed by atoms with Crippen LogP contribution in [0.5, 0.6) is 0 Å². The molecule has 0 radical (unpaired) electrons. The van der Waals surface area contributed by atoms with Crippen molar-refractivity contribution in [2.45, 2.75) is 18.6 Å². The summed E-state index contributed by atoms with van der Waals surface area (Å²) >= 11 is 0. The normalized spacial score (nSPS) is 28.4. The minimum atomic E-state index is -0.457. The molecule has 1 heterocycles. The van der Waals surface area contributed by atoms with Gasteiger partial charge in [0.05, 0.1) is 32.0 Å². The maximum absolute atomic E-state index is 9.15. The van der Waals surface area contributed by atoms with Crippen molar-refractivity contribution >= 4 is 0 Å². The van der Waals surface area contributed by atoms with Crippen molar-refractivity contribution in [1.29, 1.82) is 0 Å². The Morgan fingerprint density at radius 3 is 2.91 bits per heavy atom. The summed E-state index contributed by atoms with van der Waals surface area (Å²) in [5.74, 6) is 0. The lowest BCUT2D eigenvalue weighted by atomic mass is 10.1. The molecule has 1 fully saturated rings. The molecule has 0 aromatic rings. The van der Waals surface area contributed by atoms with E-state index in [1.54, 1.807) is 0 Å². The van der Waals surface area contributed by atoms with Crippen molar-refractivity contribution in [3.05, 3.63) is 0 Å². The minimum absolute atomic E-state index is 0.0299. The van der Waals surface area contributed by atoms with E-state index < -0.39 is 6.10 Å². The second-order valence-corrected chi connectivity index (χ2v) is 2.69. The summed E-state index contributed by atoms with van der Waals surface area (Å²) < 4.78 is 10.5. The summed E-state index contributed by atoms with van der Waals surface area (Å²) in [6, 6.07) is 0. The number of aliphatic hydroxyl groups excluding tert-OH is 1. The van der Waals surface area contributed by atoms with Gasteiger partial charge in [-0.15, -0.1) is 0 Å². The van der Waals surface area contributed by atoms with Gasteiger partial charge in [-0.1, -0.05) is 0 Å². The van der Waals surface area contributed by atoms with Crippen LogP contribution in [0.3, 0.4) is 0 Å². The largest absolute Gasteiger partial charge is 0.392 e. The fourth-order valence-electron chi connectivity index (χ4n) is 1.07. The van der Waals surface area contributed by atoms with E-state index in [9.17, 15) is 0 Å². The Balaban J connectivity index is 2.13. The van der Waals surface area contributed by atoms with Crippen molar-refractivity contribution < 1.29 is 14.6 Å². The summed E-state index contributed by atoms with van der Waals surface area (Å²) in [6.07, 6.45) is 0.153. The molecule has 0 amide bonds. The van der Waals surface area contributed by atoms with Crippen molar-refractivity contribution in [2.24, 2.45) is 5.73 Å². The SMILES string of the molecule is NCC(O)CC1COCCO1. The number of hydrogen-bond acceptors (Lipinski definition) is 4. The molecule has 4 heteroatoms. The highest BCUT2D eigenvalue weighted by atomic mass is 16.6. The van der Waals surface area contributed by atoms with Crippen LogP contribution in [0.1, 0.15) is 6.42 Å². The monoisotopic (exact) mass is 161 g/mol. The molecule has 1 aliphatic rings. The lowest BCUT2D eigenvalue weighted by Gasteiger charge is -2.24. The third-order valence-corrected chi connectivity index (χ3v) is 1.69. The molecule has 1 aliphatic heterocycles. The van der Waals surface area contributed by atoms with Crippen molar-refractivity contribution in [3.8, 4) is 0 Å². The number of ether oxygens (including phenoxy) is 2. The van der Waals surface area contributed by atoms with Crippen LogP contribution in [-0.4, -0.2) is 43.7 Å². The lowest BCUT2D eigenvalue weighted by Crippen LogP contribution is -2.34. The van der Waals surface area contributed by atoms with Gasteiger partial charge in [0, 0.05) is 13.0 Å². The summed E-state index contributed by atoms with van der Waals surface area (Å²) in [5.41, 5.74) is 5.24. The van der Waals surface area contributed by atoms with E-state index in [4.69, 9.17) is 20.3 Å². The van der Waals surface area contributed by atoms with E-state index in [2.05, 4.69) is 0 Å². The molecule has 0 aromatic carbocycles. The Bertz CT molecular complexity index is 104.